The van der Waals surface area contributed by atoms with E-state index in [0.717, 1.165) is 12.8 Å². The molecule has 0 atom stereocenters. The molecule has 0 aliphatic heterocycles. The Hall–Kier alpha value is -1.01. The van der Waals surface area contributed by atoms with Gasteiger partial charge in [-0.05, 0) is 25.8 Å². The molecule has 4 nitrogen and oxygen atoms in total. The van der Waals surface area contributed by atoms with Crippen molar-refractivity contribution in [2.45, 2.75) is 84.5 Å². The maximum Gasteiger partial charge on any atom is 0.315 e. The molecular formula is C20H33NO3S2. The average Bonchev–Trinajstić information content (AvgIpc) is 2.58. The second kappa shape index (κ2) is 13.2. The van der Waals surface area contributed by atoms with Crippen LogP contribution in [0.25, 0.3) is 0 Å². The molecule has 0 N–H and O–H groups in total. The van der Waals surface area contributed by atoms with Crippen LogP contribution in [0.5, 0.6) is 5.88 Å². The minimum absolute atomic E-state index is 0.134. The highest BCUT2D eigenvalue weighted by atomic mass is 32.2. The van der Waals surface area contributed by atoms with Gasteiger partial charge in [0.15, 0.2) is 0 Å². The highest BCUT2D eigenvalue weighted by molar-refractivity contribution is 7.90. The van der Waals surface area contributed by atoms with Crippen molar-refractivity contribution in [2.24, 2.45) is 0 Å². The molecule has 1 aromatic rings. The Kier molecular flexibility index (Phi) is 11.7. The van der Waals surface area contributed by atoms with Gasteiger partial charge in [-0.3, -0.25) is 0 Å². The summed E-state index contributed by atoms with van der Waals surface area (Å²) < 4.78 is 29.3. The lowest BCUT2D eigenvalue weighted by atomic mass is 10.1. The molecule has 0 unspecified atom stereocenters. The van der Waals surface area contributed by atoms with Gasteiger partial charge in [-0.15, -0.1) is 0 Å². The largest absolute Gasteiger partial charge is 0.361 e. The quantitative estimate of drug-likeness (QED) is 0.212. The summed E-state index contributed by atoms with van der Waals surface area (Å²) in [6.07, 6.45) is 14.7. The maximum absolute atomic E-state index is 12.1. The van der Waals surface area contributed by atoms with Gasteiger partial charge in [0.05, 0.1) is 0 Å². The number of unbranched alkanes of at least 4 members (excludes halogenated alkanes) is 9. The summed E-state index contributed by atoms with van der Waals surface area (Å²) in [5.41, 5.74) is 0.691. The Balaban J connectivity index is 2.13. The van der Waals surface area contributed by atoms with Crippen molar-refractivity contribution in [1.29, 1.82) is 0 Å². The van der Waals surface area contributed by atoms with Crippen molar-refractivity contribution in [3.05, 3.63) is 23.9 Å². The first-order valence-electron chi connectivity index (χ1n) is 9.80. The summed E-state index contributed by atoms with van der Waals surface area (Å²) in [6.45, 7) is 4.00. The molecule has 6 heteroatoms. The van der Waals surface area contributed by atoms with Gasteiger partial charge in [0, 0.05) is 16.6 Å². The summed E-state index contributed by atoms with van der Waals surface area (Å²) in [7, 11) is -3.72. The van der Waals surface area contributed by atoms with Gasteiger partial charge in [0.2, 0.25) is 5.88 Å². The molecule has 0 aromatic carbocycles. The molecule has 0 spiro atoms. The molecule has 0 bridgehead atoms. The molecule has 0 saturated heterocycles. The van der Waals surface area contributed by atoms with Gasteiger partial charge in [-0.2, -0.15) is 8.42 Å². The number of hydrogen-bond acceptors (Lipinski definition) is 5. The summed E-state index contributed by atoms with van der Waals surface area (Å²) >= 11 is 5.23. The van der Waals surface area contributed by atoms with Crippen molar-refractivity contribution < 1.29 is 12.6 Å². The summed E-state index contributed by atoms with van der Waals surface area (Å²) in [4.78, 5) is 4.49. The molecule has 1 heterocycles. The number of aromatic nitrogens is 1. The Labute approximate surface area is 164 Å². The highest BCUT2D eigenvalue weighted by Crippen LogP contribution is 2.16. The van der Waals surface area contributed by atoms with Gasteiger partial charge in [-0.25, -0.2) is 4.98 Å². The first-order chi connectivity index (χ1) is 12.4. The zero-order valence-electron chi connectivity index (χ0n) is 16.2. The van der Waals surface area contributed by atoms with Crippen LogP contribution in [0.2, 0.25) is 0 Å². The monoisotopic (exact) mass is 399 g/mol. The molecule has 0 amide bonds. The fourth-order valence-electron chi connectivity index (χ4n) is 2.79. The second-order valence-electron chi connectivity index (χ2n) is 6.88. The first-order valence-corrected chi connectivity index (χ1v) is 11.8. The third kappa shape index (κ3) is 10.9. The highest BCUT2D eigenvalue weighted by Gasteiger charge is 2.17. The number of thiocarbonyl (C=S) groups is 1. The van der Waals surface area contributed by atoms with E-state index in [1.807, 2.05) is 0 Å². The minimum Gasteiger partial charge on any atom is -0.361 e. The zero-order chi connectivity index (χ0) is 19.3. The van der Waals surface area contributed by atoms with Crippen molar-refractivity contribution in [3.63, 3.8) is 0 Å². The molecule has 0 saturated carbocycles. The smallest absolute Gasteiger partial charge is 0.315 e. The molecule has 0 fully saturated rings. The predicted octanol–water partition coefficient (Wildman–Crippen LogP) is 5.78. The molecule has 148 valence electrons. The molecule has 26 heavy (non-hydrogen) atoms. The van der Waals surface area contributed by atoms with E-state index in [4.69, 9.17) is 16.4 Å². The lowest BCUT2D eigenvalue weighted by Crippen LogP contribution is -2.20. The van der Waals surface area contributed by atoms with Crippen LogP contribution in [0, 0.1) is 6.92 Å². The van der Waals surface area contributed by atoms with Crippen LogP contribution < -0.4 is 4.18 Å². The lowest BCUT2D eigenvalue weighted by Gasteiger charge is -2.09. The predicted molar refractivity (Wildman–Crippen MR) is 112 cm³/mol. The topological polar surface area (TPSA) is 56.3 Å². The van der Waals surface area contributed by atoms with E-state index in [9.17, 15) is 8.42 Å². The average molecular weight is 400 g/mol. The van der Waals surface area contributed by atoms with Crippen LogP contribution in [-0.2, 0) is 10.1 Å². The van der Waals surface area contributed by atoms with Crippen LogP contribution in [0.1, 0.15) is 83.1 Å². The van der Waals surface area contributed by atoms with Crippen molar-refractivity contribution in [2.75, 3.05) is 5.75 Å². The fraction of sp³-hybridized carbons (Fsp3) is 0.700. The van der Waals surface area contributed by atoms with Crippen molar-refractivity contribution in [1.82, 2.24) is 4.98 Å². The number of rotatable bonds is 15. The third-order valence-electron chi connectivity index (χ3n) is 4.31. The fourth-order valence-corrected chi connectivity index (χ4v) is 4.38. The minimum atomic E-state index is -3.72. The van der Waals surface area contributed by atoms with E-state index < -0.39 is 10.1 Å². The normalized spacial score (nSPS) is 11.5. The van der Waals surface area contributed by atoms with Crippen LogP contribution in [0.3, 0.4) is 0 Å². The van der Waals surface area contributed by atoms with Crippen LogP contribution in [0.4, 0.5) is 0 Å². The van der Waals surface area contributed by atoms with Crippen LogP contribution in [0.15, 0.2) is 18.3 Å². The standard InChI is InChI=1S/C20H33NO3S2/c1-3-4-5-6-7-8-9-10-11-12-15-19(25)17-26(22,23)24-20-18(2)14-13-16-21-20/h13-14,16H,3-12,15,17H2,1-2H3. The molecule has 0 aliphatic carbocycles. The van der Waals surface area contributed by atoms with Gasteiger partial charge in [0.25, 0.3) is 0 Å². The Morgan fingerprint density at radius 1 is 1.04 bits per heavy atom. The number of hydrogen-bond donors (Lipinski definition) is 0. The number of aryl methyl sites for hydroxylation is 1. The number of nitrogens with zero attached hydrogens (tertiary/aromatic N) is 1. The molecule has 0 aliphatic rings. The van der Waals surface area contributed by atoms with E-state index >= 15 is 0 Å². The van der Waals surface area contributed by atoms with Gasteiger partial charge < -0.3 is 4.18 Å². The molecule has 1 rings (SSSR count). The van der Waals surface area contributed by atoms with Gasteiger partial charge in [-0.1, -0.05) is 83.0 Å². The van der Waals surface area contributed by atoms with E-state index in [-0.39, 0.29) is 11.6 Å². The Morgan fingerprint density at radius 2 is 1.62 bits per heavy atom. The third-order valence-corrected chi connectivity index (χ3v) is 5.96. The van der Waals surface area contributed by atoms with E-state index in [1.165, 1.54) is 57.6 Å². The zero-order valence-corrected chi connectivity index (χ0v) is 17.8. The summed E-state index contributed by atoms with van der Waals surface area (Å²) in [5.74, 6) is -0.0790. The van der Waals surface area contributed by atoms with Crippen LogP contribution >= 0.6 is 12.2 Å². The maximum atomic E-state index is 12.1. The Morgan fingerprint density at radius 3 is 2.19 bits per heavy atom. The first kappa shape index (κ1) is 23.0. The SMILES string of the molecule is CCCCCCCCCCCCC(=S)CS(=O)(=O)Oc1ncccc1C. The molecule has 1 aromatic heterocycles. The van der Waals surface area contributed by atoms with E-state index in [0.29, 0.717) is 16.8 Å². The number of pyridine rings is 1. The summed E-state index contributed by atoms with van der Waals surface area (Å²) in [5, 5.41) is 0. The van der Waals surface area contributed by atoms with E-state index in [1.54, 1.807) is 19.1 Å². The lowest BCUT2D eigenvalue weighted by molar-refractivity contribution is 0.478. The summed E-state index contributed by atoms with van der Waals surface area (Å²) in [6, 6.07) is 3.50. The molecule has 0 radical (unpaired) electrons. The van der Waals surface area contributed by atoms with Crippen molar-refractivity contribution >= 4 is 27.2 Å². The second-order valence-corrected chi connectivity index (χ2v) is 9.03. The van der Waals surface area contributed by atoms with Gasteiger partial charge in [0.1, 0.15) is 5.75 Å². The van der Waals surface area contributed by atoms with Crippen molar-refractivity contribution in [3.8, 4) is 5.88 Å². The van der Waals surface area contributed by atoms with E-state index in [2.05, 4.69) is 11.9 Å². The van der Waals surface area contributed by atoms with Gasteiger partial charge >= 0.3 is 10.1 Å². The van der Waals surface area contributed by atoms with Crippen LogP contribution in [-0.4, -0.2) is 24.0 Å². The molecular weight excluding hydrogens is 366 g/mol. The Bertz CT molecular complexity index is 630.